The van der Waals surface area contributed by atoms with E-state index >= 15 is 0 Å². The fourth-order valence-corrected chi connectivity index (χ4v) is 2.82. The van der Waals surface area contributed by atoms with Crippen molar-refractivity contribution in [2.75, 3.05) is 6.61 Å². The maximum absolute atomic E-state index is 11.0. The molecule has 5 nitrogen and oxygen atoms in total. The summed E-state index contributed by atoms with van der Waals surface area (Å²) >= 11 is 12.2. The van der Waals surface area contributed by atoms with Crippen LogP contribution in [0.1, 0.15) is 44.2 Å². The highest BCUT2D eigenvalue weighted by molar-refractivity contribution is 6.35. The van der Waals surface area contributed by atoms with E-state index in [4.69, 9.17) is 27.9 Å². The molecule has 1 heterocycles. The number of hydrogen-bond acceptors (Lipinski definition) is 4. The molecule has 0 radical (unpaired) electrons. The zero-order valence-electron chi connectivity index (χ0n) is 12.5. The third-order valence-corrected chi connectivity index (χ3v) is 3.99. The summed E-state index contributed by atoms with van der Waals surface area (Å²) in [5, 5.41) is 18.6. The number of aromatic nitrogens is 3. The average Bonchev–Trinajstić information content (AvgIpc) is 2.96. The Hall–Kier alpha value is -1.14. The van der Waals surface area contributed by atoms with Crippen molar-refractivity contribution in [1.29, 1.82) is 0 Å². The van der Waals surface area contributed by atoms with E-state index in [1.54, 1.807) is 25.1 Å². The molecule has 2 unspecified atom stereocenters. The number of halogens is 2. The highest BCUT2D eigenvalue weighted by Gasteiger charge is 2.39. The topological polar surface area (TPSA) is 71.0 Å². The predicted octanol–water partition coefficient (Wildman–Crippen LogP) is 3.88. The number of benzene rings is 1. The number of rotatable bonds is 7. The third kappa shape index (κ3) is 3.79. The van der Waals surface area contributed by atoms with E-state index < -0.39 is 11.7 Å². The third-order valence-electron chi connectivity index (χ3n) is 3.44. The summed E-state index contributed by atoms with van der Waals surface area (Å²) in [7, 11) is 0. The van der Waals surface area contributed by atoms with Gasteiger partial charge in [0.15, 0.2) is 11.9 Å². The standard InChI is InChI=1S/C15H19Cl2N3O2/c1-3-4-7-22-13(14-18-9-19-20-14)15(2,21)11-6-5-10(16)8-12(11)17/h5-6,8-9,13,21H,3-4,7H2,1-2H3,(H,18,19,20). The molecule has 0 aliphatic carbocycles. The number of H-pyrrole nitrogens is 1. The minimum atomic E-state index is -1.39. The molecule has 2 N–H and O–H groups in total. The van der Waals surface area contributed by atoms with Gasteiger partial charge in [0.25, 0.3) is 0 Å². The minimum Gasteiger partial charge on any atom is -0.382 e. The molecule has 0 spiro atoms. The van der Waals surface area contributed by atoms with Gasteiger partial charge >= 0.3 is 0 Å². The molecule has 22 heavy (non-hydrogen) atoms. The zero-order chi connectivity index (χ0) is 16.2. The molecular weight excluding hydrogens is 325 g/mol. The average molecular weight is 344 g/mol. The van der Waals surface area contributed by atoms with Crippen molar-refractivity contribution in [1.82, 2.24) is 15.2 Å². The van der Waals surface area contributed by atoms with Crippen LogP contribution in [0.5, 0.6) is 0 Å². The van der Waals surface area contributed by atoms with Gasteiger partial charge in [-0.15, -0.1) is 0 Å². The number of ether oxygens (including phenoxy) is 1. The van der Waals surface area contributed by atoms with Crippen LogP contribution < -0.4 is 0 Å². The van der Waals surface area contributed by atoms with E-state index in [-0.39, 0.29) is 0 Å². The lowest BCUT2D eigenvalue weighted by Crippen LogP contribution is -2.33. The number of aliphatic hydroxyl groups is 1. The first-order chi connectivity index (χ1) is 10.5. The van der Waals surface area contributed by atoms with E-state index in [2.05, 4.69) is 22.1 Å². The van der Waals surface area contributed by atoms with Gasteiger partial charge < -0.3 is 9.84 Å². The Morgan fingerprint density at radius 1 is 1.41 bits per heavy atom. The molecule has 7 heteroatoms. The van der Waals surface area contributed by atoms with Crippen molar-refractivity contribution in [3.8, 4) is 0 Å². The number of nitrogens with zero attached hydrogens (tertiary/aromatic N) is 2. The number of nitrogens with one attached hydrogen (secondary N) is 1. The molecule has 0 fully saturated rings. The second-order valence-electron chi connectivity index (χ2n) is 5.23. The highest BCUT2D eigenvalue weighted by atomic mass is 35.5. The quantitative estimate of drug-likeness (QED) is 0.748. The number of aromatic amines is 1. The van der Waals surface area contributed by atoms with Gasteiger partial charge in [0.2, 0.25) is 0 Å². The Kier molecular flexibility index (Phi) is 5.81. The Morgan fingerprint density at radius 3 is 2.77 bits per heavy atom. The van der Waals surface area contributed by atoms with Gasteiger partial charge in [0.05, 0.1) is 0 Å². The predicted molar refractivity (Wildman–Crippen MR) is 86.0 cm³/mol. The molecule has 2 rings (SSSR count). The zero-order valence-corrected chi connectivity index (χ0v) is 14.0. The van der Waals surface area contributed by atoms with Gasteiger partial charge in [-0.05, 0) is 25.5 Å². The molecule has 0 amide bonds. The minimum absolute atomic E-state index is 0.372. The lowest BCUT2D eigenvalue weighted by Gasteiger charge is -2.32. The molecule has 2 atom stereocenters. The first kappa shape index (κ1) is 17.2. The van der Waals surface area contributed by atoms with Crippen LogP contribution in [0.15, 0.2) is 24.5 Å². The van der Waals surface area contributed by atoms with Gasteiger partial charge in [-0.1, -0.05) is 42.6 Å². The second kappa shape index (κ2) is 7.42. The molecule has 0 saturated heterocycles. The van der Waals surface area contributed by atoms with Crippen LogP contribution in [0.2, 0.25) is 10.0 Å². The van der Waals surface area contributed by atoms with E-state index in [0.717, 1.165) is 12.8 Å². The SMILES string of the molecule is CCCCOC(c1nc[nH]n1)C(C)(O)c1ccc(Cl)cc1Cl. The second-order valence-corrected chi connectivity index (χ2v) is 6.08. The normalized spacial score (nSPS) is 15.5. The molecule has 0 bridgehead atoms. The van der Waals surface area contributed by atoms with Crippen molar-refractivity contribution in [3.05, 3.63) is 46.0 Å². The molecule has 1 aromatic carbocycles. The van der Waals surface area contributed by atoms with Crippen LogP contribution in [-0.2, 0) is 10.3 Å². The van der Waals surface area contributed by atoms with Crippen LogP contribution in [-0.4, -0.2) is 26.9 Å². The van der Waals surface area contributed by atoms with E-state index in [0.29, 0.717) is 28.0 Å². The maximum atomic E-state index is 11.0. The summed E-state index contributed by atoms with van der Waals surface area (Å²) in [4.78, 5) is 4.11. The smallest absolute Gasteiger partial charge is 0.182 e. The fraction of sp³-hybridized carbons (Fsp3) is 0.467. The van der Waals surface area contributed by atoms with Crippen LogP contribution in [0.25, 0.3) is 0 Å². The highest BCUT2D eigenvalue weighted by Crippen LogP contribution is 2.40. The Morgan fingerprint density at radius 2 is 2.18 bits per heavy atom. The Bertz CT molecular complexity index is 603. The molecule has 0 aliphatic heterocycles. The lowest BCUT2D eigenvalue weighted by molar-refractivity contribution is -0.111. The van der Waals surface area contributed by atoms with Gasteiger partial charge in [0, 0.05) is 22.2 Å². The van der Waals surface area contributed by atoms with Crippen molar-refractivity contribution < 1.29 is 9.84 Å². The molecule has 2 aromatic rings. The van der Waals surface area contributed by atoms with Crippen molar-refractivity contribution in [2.24, 2.45) is 0 Å². The summed E-state index contributed by atoms with van der Waals surface area (Å²) in [6, 6.07) is 4.96. The van der Waals surface area contributed by atoms with Crippen LogP contribution >= 0.6 is 23.2 Å². The Balaban J connectivity index is 2.35. The van der Waals surface area contributed by atoms with Crippen LogP contribution in [0.3, 0.4) is 0 Å². The molecule has 1 aromatic heterocycles. The largest absolute Gasteiger partial charge is 0.382 e. The van der Waals surface area contributed by atoms with E-state index in [1.807, 2.05) is 0 Å². The van der Waals surface area contributed by atoms with Crippen LogP contribution in [0.4, 0.5) is 0 Å². The van der Waals surface area contributed by atoms with Gasteiger partial charge in [0.1, 0.15) is 11.9 Å². The van der Waals surface area contributed by atoms with Gasteiger partial charge in [-0.25, -0.2) is 4.98 Å². The van der Waals surface area contributed by atoms with Crippen molar-refractivity contribution in [3.63, 3.8) is 0 Å². The maximum Gasteiger partial charge on any atom is 0.182 e. The van der Waals surface area contributed by atoms with E-state index in [9.17, 15) is 5.11 Å². The first-order valence-corrected chi connectivity index (χ1v) is 7.87. The van der Waals surface area contributed by atoms with Gasteiger partial charge in [-0.3, -0.25) is 5.10 Å². The lowest BCUT2D eigenvalue weighted by atomic mass is 9.89. The summed E-state index contributed by atoms with van der Waals surface area (Å²) < 4.78 is 5.84. The number of hydrogen-bond donors (Lipinski definition) is 2. The fourth-order valence-electron chi connectivity index (χ4n) is 2.22. The summed E-state index contributed by atoms with van der Waals surface area (Å²) in [5.41, 5.74) is -0.873. The van der Waals surface area contributed by atoms with Gasteiger partial charge in [-0.2, -0.15) is 5.10 Å². The Labute approximate surface area is 139 Å². The van der Waals surface area contributed by atoms with Crippen molar-refractivity contribution >= 4 is 23.2 Å². The first-order valence-electron chi connectivity index (χ1n) is 7.12. The number of unbranched alkanes of at least 4 members (excludes halogenated alkanes) is 1. The summed E-state index contributed by atoms with van der Waals surface area (Å²) in [6.45, 7) is 4.20. The monoisotopic (exact) mass is 343 g/mol. The molecular formula is C15H19Cl2N3O2. The van der Waals surface area contributed by atoms with Crippen molar-refractivity contribution in [2.45, 2.75) is 38.4 Å². The summed E-state index contributed by atoms with van der Waals surface area (Å²) in [5.74, 6) is 0.382. The van der Waals surface area contributed by atoms with E-state index in [1.165, 1.54) is 6.33 Å². The molecule has 0 aliphatic rings. The molecule has 0 saturated carbocycles. The molecule has 120 valence electrons. The summed E-state index contributed by atoms with van der Waals surface area (Å²) in [6.07, 6.45) is 2.59. The van der Waals surface area contributed by atoms with Crippen LogP contribution in [0, 0.1) is 0 Å².